The van der Waals surface area contributed by atoms with Crippen molar-refractivity contribution in [1.82, 2.24) is 0 Å². The van der Waals surface area contributed by atoms with Crippen LogP contribution in [-0.4, -0.2) is 0 Å². The zero-order valence-electron chi connectivity index (χ0n) is 3.85. The van der Waals surface area contributed by atoms with E-state index < -0.39 is 0 Å². The van der Waals surface area contributed by atoms with Crippen LogP contribution in [0.1, 0.15) is 0 Å². The third-order valence-electron chi connectivity index (χ3n) is 0.481. The lowest BCUT2D eigenvalue weighted by molar-refractivity contribution is 1.26. The lowest BCUT2D eigenvalue weighted by Crippen LogP contribution is -1.93. The van der Waals surface area contributed by atoms with Crippen molar-refractivity contribution in [1.29, 1.82) is 0 Å². The van der Waals surface area contributed by atoms with Gasteiger partial charge in [0.1, 0.15) is 5.70 Å². The van der Waals surface area contributed by atoms with Crippen molar-refractivity contribution in [2.24, 2.45) is 10.9 Å². The number of nitrogens with two attached hydrogens (primary N) is 1. The molecule has 0 spiro atoms. The molecule has 0 aromatic heterocycles. The van der Waals surface area contributed by atoms with Crippen LogP contribution >= 0.6 is 0 Å². The molecule has 2 N–H and O–H groups in total. The molecule has 0 bridgehead atoms. The van der Waals surface area contributed by atoms with Crippen molar-refractivity contribution in [3.8, 4) is 0 Å². The molecule has 0 unspecified atom stereocenters. The van der Waals surface area contributed by atoms with Gasteiger partial charge in [0.2, 0.25) is 0 Å². The summed E-state index contributed by atoms with van der Waals surface area (Å²) in [5, 5.41) is 2.42. The number of hydrogen-bond donors (Lipinski definition) is 1. The van der Waals surface area contributed by atoms with E-state index in [0.29, 0.717) is 0 Å². The Balaban J connectivity index is 3.81. The third-order valence-corrected chi connectivity index (χ3v) is 0.481. The monoisotopic (exact) mass is 98.0 g/mol. The summed E-state index contributed by atoms with van der Waals surface area (Å²) in [5.74, 6) is 0. The molecule has 0 atom stereocenters. The molecule has 0 amide bonds. The number of nitroso groups, excluding NO2 is 1. The van der Waals surface area contributed by atoms with E-state index in [-0.39, 0.29) is 11.4 Å². The highest BCUT2D eigenvalue weighted by Crippen LogP contribution is 1.95. The van der Waals surface area contributed by atoms with Crippen molar-refractivity contribution in [2.45, 2.75) is 0 Å². The second-order valence-electron chi connectivity index (χ2n) is 1.06. The fraction of sp³-hybridized carbons (Fsp3) is 0. The quantitative estimate of drug-likeness (QED) is 0.409. The molecular formula is C4H6N2O. The smallest absolute Gasteiger partial charge is 0.123 e. The zero-order chi connectivity index (χ0) is 5.86. The van der Waals surface area contributed by atoms with Crippen molar-refractivity contribution >= 4 is 0 Å². The van der Waals surface area contributed by atoms with E-state index in [1.807, 2.05) is 0 Å². The zero-order valence-corrected chi connectivity index (χ0v) is 3.85. The van der Waals surface area contributed by atoms with Crippen LogP contribution in [0.3, 0.4) is 0 Å². The van der Waals surface area contributed by atoms with Crippen molar-refractivity contribution < 1.29 is 0 Å². The SMILES string of the molecule is C=C(N)C(=C)N=O. The van der Waals surface area contributed by atoms with Crippen LogP contribution in [0.5, 0.6) is 0 Å². The highest BCUT2D eigenvalue weighted by molar-refractivity contribution is 5.19. The van der Waals surface area contributed by atoms with Crippen LogP contribution in [0.15, 0.2) is 29.7 Å². The van der Waals surface area contributed by atoms with E-state index >= 15 is 0 Å². The van der Waals surface area contributed by atoms with Crippen molar-refractivity contribution in [2.75, 3.05) is 0 Å². The summed E-state index contributed by atoms with van der Waals surface area (Å²) in [6, 6.07) is 0. The van der Waals surface area contributed by atoms with Gasteiger partial charge in [-0.05, 0) is 5.18 Å². The van der Waals surface area contributed by atoms with Gasteiger partial charge < -0.3 is 5.73 Å². The van der Waals surface area contributed by atoms with Crippen molar-refractivity contribution in [3.05, 3.63) is 29.5 Å². The highest BCUT2D eigenvalue weighted by atomic mass is 16.3. The summed E-state index contributed by atoms with van der Waals surface area (Å²) in [6.45, 7) is 6.38. The second kappa shape index (κ2) is 2.12. The largest absolute Gasteiger partial charge is 0.397 e. The first kappa shape index (κ1) is 5.88. The van der Waals surface area contributed by atoms with E-state index in [4.69, 9.17) is 5.73 Å². The fourth-order valence-corrected chi connectivity index (χ4v) is 0.0586. The molecule has 0 radical (unpaired) electrons. The maximum atomic E-state index is 9.46. The van der Waals surface area contributed by atoms with Crippen LogP contribution < -0.4 is 5.73 Å². The first-order valence-corrected chi connectivity index (χ1v) is 1.65. The molecule has 0 heterocycles. The summed E-state index contributed by atoms with van der Waals surface area (Å²) in [4.78, 5) is 9.46. The predicted octanol–water partition coefficient (Wildman–Crippen LogP) is 0.739. The molecule has 0 rings (SSSR count). The third kappa shape index (κ3) is 1.70. The topological polar surface area (TPSA) is 55.4 Å². The van der Waals surface area contributed by atoms with Crippen LogP contribution in [0.25, 0.3) is 0 Å². The average Bonchev–Trinajstić information content (AvgIpc) is 1.65. The molecular weight excluding hydrogens is 92.1 g/mol. The highest BCUT2D eigenvalue weighted by Gasteiger charge is 1.88. The van der Waals surface area contributed by atoms with Gasteiger partial charge in [-0.15, -0.1) is 4.91 Å². The Morgan fingerprint density at radius 2 is 2.00 bits per heavy atom. The Labute approximate surface area is 41.5 Å². The summed E-state index contributed by atoms with van der Waals surface area (Å²) in [6.07, 6.45) is 0. The second-order valence-corrected chi connectivity index (χ2v) is 1.06. The lowest BCUT2D eigenvalue weighted by atomic mass is 10.4. The summed E-state index contributed by atoms with van der Waals surface area (Å²) < 4.78 is 0. The minimum Gasteiger partial charge on any atom is -0.397 e. The standard InChI is InChI=1S/C4H6N2O/c1-3(5)4(2)6-7/h1-2,5H2. The molecule has 0 fully saturated rings. The molecule has 0 aliphatic carbocycles. The minimum atomic E-state index is 0.000000000000000222. The van der Waals surface area contributed by atoms with Crippen LogP contribution in [-0.2, 0) is 0 Å². The van der Waals surface area contributed by atoms with Gasteiger partial charge in [0.05, 0.1) is 5.70 Å². The maximum Gasteiger partial charge on any atom is 0.123 e. The van der Waals surface area contributed by atoms with Gasteiger partial charge in [-0.1, -0.05) is 13.2 Å². The lowest BCUT2D eigenvalue weighted by Gasteiger charge is -1.86. The number of nitrogens with zero attached hydrogens (tertiary/aromatic N) is 1. The van der Waals surface area contributed by atoms with Gasteiger partial charge in [-0.25, -0.2) is 0 Å². The van der Waals surface area contributed by atoms with E-state index in [1.165, 1.54) is 0 Å². The average molecular weight is 98.1 g/mol. The molecule has 3 nitrogen and oxygen atoms in total. The Kier molecular flexibility index (Phi) is 1.78. The van der Waals surface area contributed by atoms with Crippen LogP contribution in [0.4, 0.5) is 0 Å². The first-order valence-electron chi connectivity index (χ1n) is 1.65. The molecule has 0 aliphatic heterocycles. The fourth-order valence-electron chi connectivity index (χ4n) is 0.0586. The van der Waals surface area contributed by atoms with Gasteiger partial charge in [0.15, 0.2) is 0 Å². The maximum absolute atomic E-state index is 9.46. The van der Waals surface area contributed by atoms with Gasteiger partial charge in [0.25, 0.3) is 0 Å². The minimum absolute atomic E-state index is 0.000000000000000222. The van der Waals surface area contributed by atoms with Gasteiger partial charge >= 0.3 is 0 Å². The summed E-state index contributed by atoms with van der Waals surface area (Å²) in [5.41, 5.74) is 5.08. The molecule has 7 heavy (non-hydrogen) atoms. The summed E-state index contributed by atoms with van der Waals surface area (Å²) in [7, 11) is 0. The van der Waals surface area contributed by atoms with E-state index in [0.717, 1.165) is 0 Å². The van der Waals surface area contributed by atoms with Crippen LogP contribution in [0, 0.1) is 4.91 Å². The molecule has 0 aromatic carbocycles. The van der Waals surface area contributed by atoms with Gasteiger partial charge in [-0.3, -0.25) is 0 Å². The van der Waals surface area contributed by atoms with Gasteiger partial charge in [0, 0.05) is 0 Å². The first-order chi connectivity index (χ1) is 3.18. The van der Waals surface area contributed by atoms with Gasteiger partial charge in [-0.2, -0.15) is 0 Å². The predicted molar refractivity (Wildman–Crippen MR) is 28.3 cm³/mol. The molecule has 38 valence electrons. The van der Waals surface area contributed by atoms with E-state index in [1.54, 1.807) is 0 Å². The van der Waals surface area contributed by atoms with Crippen LogP contribution in [0.2, 0.25) is 0 Å². The Bertz CT molecular complexity index is 117. The molecule has 3 heteroatoms. The van der Waals surface area contributed by atoms with E-state index in [2.05, 4.69) is 18.3 Å². The Hall–Kier alpha value is -1.12. The number of rotatable bonds is 2. The molecule has 0 saturated carbocycles. The van der Waals surface area contributed by atoms with Crippen molar-refractivity contribution in [3.63, 3.8) is 0 Å². The normalized spacial score (nSPS) is 7.43. The number of hydrogen-bond acceptors (Lipinski definition) is 3. The molecule has 0 aliphatic rings. The Morgan fingerprint density at radius 3 is 2.00 bits per heavy atom. The summed E-state index contributed by atoms with van der Waals surface area (Å²) >= 11 is 0. The van der Waals surface area contributed by atoms with E-state index in [9.17, 15) is 4.91 Å². The Morgan fingerprint density at radius 1 is 1.57 bits per heavy atom. The molecule has 0 saturated heterocycles. The molecule has 0 aromatic rings.